The normalized spacial score (nSPS) is 22.1. The van der Waals surface area contributed by atoms with Gasteiger partial charge in [0.2, 0.25) is 0 Å². The molecule has 0 spiro atoms. The Morgan fingerprint density at radius 2 is 1.59 bits per heavy atom. The summed E-state index contributed by atoms with van der Waals surface area (Å²) in [6, 6.07) is 9.06. The fraction of sp³-hybridized carbons (Fsp3) is 0.462. The lowest BCUT2D eigenvalue weighted by molar-refractivity contribution is -0.539. The number of hydrogen-bond donors (Lipinski definition) is 0. The van der Waals surface area contributed by atoms with Crippen LogP contribution in [0.25, 0.3) is 0 Å². The van der Waals surface area contributed by atoms with Crippen molar-refractivity contribution in [3.8, 4) is 0 Å². The number of benzene rings is 1. The van der Waals surface area contributed by atoms with Crippen LogP contribution >= 0.6 is 0 Å². The summed E-state index contributed by atoms with van der Waals surface area (Å²) in [7, 11) is 0. The molecule has 0 aliphatic carbocycles. The quantitative estimate of drug-likeness (QED) is 0.552. The van der Waals surface area contributed by atoms with Crippen molar-refractivity contribution in [1.82, 2.24) is 5.06 Å². The van der Waals surface area contributed by atoms with E-state index in [1.54, 1.807) is 39.8 Å². The molecule has 1 aromatic carbocycles. The fourth-order valence-electron chi connectivity index (χ4n) is 1.93. The van der Waals surface area contributed by atoms with E-state index in [4.69, 9.17) is 0 Å². The monoisotopic (exact) mass is 233 g/mol. The molecule has 0 aromatic heterocycles. The molecule has 2 rings (SSSR count). The van der Waals surface area contributed by atoms with Crippen LogP contribution in [0.1, 0.15) is 33.3 Å². The van der Waals surface area contributed by atoms with Crippen LogP contribution in [-0.2, 0) is 0 Å². The van der Waals surface area contributed by atoms with Gasteiger partial charge in [-0.25, -0.2) is 0 Å². The van der Waals surface area contributed by atoms with Gasteiger partial charge in [0.1, 0.15) is 11.1 Å². The summed E-state index contributed by atoms with van der Waals surface area (Å²) in [6.45, 7) is 7.17. The largest absolute Gasteiger partial charge is 0.715 e. The predicted molar refractivity (Wildman–Crippen MR) is 67.5 cm³/mol. The Morgan fingerprint density at radius 3 is 2.00 bits per heavy atom. The van der Waals surface area contributed by atoms with E-state index in [-0.39, 0.29) is 5.84 Å². The fourth-order valence-corrected chi connectivity index (χ4v) is 1.93. The second kappa shape index (κ2) is 3.47. The first kappa shape index (κ1) is 11.9. The molecule has 0 bridgehead atoms. The molecular formula is C13H17N2O2-. The van der Waals surface area contributed by atoms with Gasteiger partial charge in [-0.05, 0) is 39.8 Å². The standard InChI is InChI=1S/C13H17N2O2/c1-12(2)13(3,4)15(17)11(14(12)16)10-8-6-5-7-9-10/h5-9H,1-4H3/q-1. The zero-order valence-electron chi connectivity index (χ0n) is 10.6. The summed E-state index contributed by atoms with van der Waals surface area (Å²) in [4.78, 5) is 0. The van der Waals surface area contributed by atoms with E-state index in [0.29, 0.717) is 5.56 Å². The molecule has 1 heterocycles. The highest BCUT2D eigenvalue weighted by atomic mass is 16.5. The zero-order chi connectivity index (χ0) is 12.8. The van der Waals surface area contributed by atoms with Crippen LogP contribution in [0.3, 0.4) is 0 Å². The van der Waals surface area contributed by atoms with Crippen LogP contribution in [-0.4, -0.2) is 26.7 Å². The first-order chi connectivity index (χ1) is 7.80. The smallest absolute Gasteiger partial charge is 0.279 e. The minimum atomic E-state index is -0.750. The molecule has 92 valence electrons. The molecule has 0 unspecified atom stereocenters. The summed E-state index contributed by atoms with van der Waals surface area (Å²) in [5.41, 5.74) is -0.837. The highest BCUT2D eigenvalue weighted by molar-refractivity contribution is 5.97. The molecule has 4 heteroatoms. The summed E-state index contributed by atoms with van der Waals surface area (Å²) >= 11 is 0. The van der Waals surface area contributed by atoms with Crippen LogP contribution in [0, 0.1) is 10.4 Å². The van der Waals surface area contributed by atoms with Gasteiger partial charge in [-0.15, -0.1) is 0 Å². The van der Waals surface area contributed by atoms with E-state index in [1.165, 1.54) is 0 Å². The van der Waals surface area contributed by atoms with E-state index < -0.39 is 11.1 Å². The number of hydrogen-bond acceptors (Lipinski definition) is 3. The van der Waals surface area contributed by atoms with Gasteiger partial charge < -0.3 is 10.4 Å². The minimum Gasteiger partial charge on any atom is -0.715 e. The maximum Gasteiger partial charge on any atom is 0.279 e. The Labute approximate surface area is 101 Å². The first-order valence-corrected chi connectivity index (χ1v) is 5.67. The number of rotatable bonds is 1. The molecule has 1 aliphatic rings. The molecule has 1 aromatic rings. The molecule has 0 saturated carbocycles. The number of amidine groups is 1. The van der Waals surface area contributed by atoms with E-state index in [0.717, 1.165) is 9.80 Å². The Kier molecular flexibility index (Phi) is 2.43. The summed E-state index contributed by atoms with van der Waals surface area (Å²) in [5, 5.41) is 25.4. The van der Waals surface area contributed by atoms with E-state index in [9.17, 15) is 10.4 Å². The van der Waals surface area contributed by atoms with Crippen molar-refractivity contribution >= 4 is 5.84 Å². The number of hydroxylamine groups is 3. The summed E-state index contributed by atoms with van der Waals surface area (Å²) in [5.74, 6) is 0.195. The van der Waals surface area contributed by atoms with Crippen molar-refractivity contribution in [3.05, 3.63) is 46.3 Å². The molecule has 0 radical (unpaired) electrons. The average Bonchev–Trinajstić information content (AvgIpc) is 2.40. The topological polar surface area (TPSA) is 52.4 Å². The Bertz CT molecular complexity index is 464. The molecule has 0 amide bonds. The molecule has 1 aliphatic heterocycles. The lowest BCUT2D eigenvalue weighted by Gasteiger charge is -2.39. The van der Waals surface area contributed by atoms with Gasteiger partial charge in [0.25, 0.3) is 5.84 Å². The second-order valence-corrected chi connectivity index (χ2v) is 5.40. The van der Waals surface area contributed by atoms with Crippen LogP contribution in [0.5, 0.6) is 0 Å². The highest BCUT2D eigenvalue weighted by Crippen LogP contribution is 2.37. The van der Waals surface area contributed by atoms with Gasteiger partial charge in [0.05, 0.1) is 5.56 Å². The molecular weight excluding hydrogens is 216 g/mol. The third-order valence-electron chi connectivity index (χ3n) is 3.93. The first-order valence-electron chi connectivity index (χ1n) is 5.67. The van der Waals surface area contributed by atoms with E-state index >= 15 is 0 Å². The van der Waals surface area contributed by atoms with Gasteiger partial charge in [-0.2, -0.15) is 0 Å². The molecule has 0 saturated heterocycles. The zero-order valence-corrected chi connectivity index (χ0v) is 10.6. The Hall–Kier alpha value is -1.55. The van der Waals surface area contributed by atoms with E-state index in [2.05, 4.69) is 0 Å². The molecule has 0 atom stereocenters. The van der Waals surface area contributed by atoms with Crippen LogP contribution in [0.4, 0.5) is 0 Å². The predicted octanol–water partition coefficient (Wildman–Crippen LogP) is 2.31. The molecule has 17 heavy (non-hydrogen) atoms. The maximum atomic E-state index is 12.3. The van der Waals surface area contributed by atoms with Crippen molar-refractivity contribution in [2.24, 2.45) is 0 Å². The third kappa shape index (κ3) is 1.44. The Balaban J connectivity index is 2.59. The van der Waals surface area contributed by atoms with Crippen molar-refractivity contribution in [1.29, 1.82) is 0 Å². The Morgan fingerprint density at radius 1 is 1.06 bits per heavy atom. The van der Waals surface area contributed by atoms with Gasteiger partial charge in [0.15, 0.2) is 0 Å². The van der Waals surface area contributed by atoms with Crippen LogP contribution < -0.4 is 0 Å². The molecule has 0 N–H and O–H groups in total. The van der Waals surface area contributed by atoms with Crippen LogP contribution in [0.15, 0.2) is 30.3 Å². The second-order valence-electron chi connectivity index (χ2n) is 5.40. The highest BCUT2D eigenvalue weighted by Gasteiger charge is 2.54. The lowest BCUT2D eigenvalue weighted by atomic mass is 9.84. The van der Waals surface area contributed by atoms with Gasteiger partial charge in [0, 0.05) is 0 Å². The summed E-state index contributed by atoms with van der Waals surface area (Å²) < 4.78 is 0.829. The van der Waals surface area contributed by atoms with Crippen molar-refractivity contribution in [3.63, 3.8) is 0 Å². The SMILES string of the molecule is CC1(C)N([O-])C(c2ccccc2)=[N+]([O-])C1(C)C. The van der Waals surface area contributed by atoms with Gasteiger partial charge >= 0.3 is 0 Å². The van der Waals surface area contributed by atoms with Crippen LogP contribution in [0.2, 0.25) is 0 Å². The lowest BCUT2D eigenvalue weighted by Crippen LogP contribution is -2.52. The third-order valence-corrected chi connectivity index (χ3v) is 3.93. The average molecular weight is 233 g/mol. The van der Waals surface area contributed by atoms with Crippen molar-refractivity contribution < 1.29 is 4.74 Å². The minimum absolute atomic E-state index is 0.195. The summed E-state index contributed by atoms with van der Waals surface area (Å²) in [6.07, 6.45) is 0. The van der Waals surface area contributed by atoms with Crippen molar-refractivity contribution in [2.75, 3.05) is 0 Å². The molecule has 0 fully saturated rings. The van der Waals surface area contributed by atoms with E-state index in [1.807, 2.05) is 18.2 Å². The maximum absolute atomic E-state index is 12.3. The van der Waals surface area contributed by atoms with Gasteiger partial charge in [-0.3, -0.25) is 9.80 Å². The van der Waals surface area contributed by atoms with Crippen molar-refractivity contribution in [2.45, 2.75) is 38.8 Å². The molecule has 4 nitrogen and oxygen atoms in total. The van der Waals surface area contributed by atoms with Gasteiger partial charge in [-0.1, -0.05) is 18.2 Å². The number of nitrogens with zero attached hydrogens (tertiary/aromatic N) is 2.